The Bertz CT molecular complexity index is 103. The molecular formula is C2H5N5. The summed E-state index contributed by atoms with van der Waals surface area (Å²) in [6.07, 6.45) is 0. The molecule has 5 heteroatoms. The maximum absolute atomic E-state index is 4.84. The van der Waals surface area contributed by atoms with Gasteiger partial charge in [0.2, 0.25) is 0 Å². The van der Waals surface area contributed by atoms with Gasteiger partial charge in [0, 0.05) is 0 Å². The molecule has 0 atom stereocenters. The molecular weight excluding hydrogens is 94.1 g/mol. The Morgan fingerprint density at radius 1 is 1.86 bits per heavy atom. The highest BCUT2D eigenvalue weighted by Gasteiger charge is 1.99. The summed E-state index contributed by atoms with van der Waals surface area (Å²) in [7, 11) is 0. The highest BCUT2D eigenvalue weighted by molar-refractivity contribution is 5.84. The first kappa shape index (κ1) is 4.04. The molecule has 0 spiro atoms. The van der Waals surface area contributed by atoms with Crippen molar-refractivity contribution >= 4 is 5.84 Å². The van der Waals surface area contributed by atoms with Crippen molar-refractivity contribution < 1.29 is 0 Å². The van der Waals surface area contributed by atoms with Gasteiger partial charge in [-0.1, -0.05) is 5.22 Å². The van der Waals surface area contributed by atoms with Crippen molar-refractivity contribution in [3.05, 3.63) is 0 Å². The summed E-state index contributed by atoms with van der Waals surface area (Å²) < 4.78 is 0. The lowest BCUT2D eigenvalue weighted by atomic mass is 10.6. The van der Waals surface area contributed by atoms with E-state index in [-0.39, 0.29) is 0 Å². The fraction of sp³-hybridized carbons (Fsp3) is 0.500. The summed E-state index contributed by atoms with van der Waals surface area (Å²) in [6, 6.07) is 0. The minimum atomic E-state index is 0.483. The van der Waals surface area contributed by atoms with Crippen LogP contribution >= 0.6 is 0 Å². The van der Waals surface area contributed by atoms with Crippen LogP contribution < -0.4 is 11.3 Å². The summed E-state index contributed by atoms with van der Waals surface area (Å²) in [5.41, 5.74) is 2.49. The first-order valence-corrected chi connectivity index (χ1v) is 1.83. The molecule has 0 fully saturated rings. The first-order valence-electron chi connectivity index (χ1n) is 1.83. The lowest BCUT2D eigenvalue weighted by Gasteiger charge is -1.83. The molecule has 7 heavy (non-hydrogen) atoms. The van der Waals surface area contributed by atoms with Gasteiger partial charge in [0.15, 0.2) is 5.84 Å². The molecule has 0 unspecified atom stereocenters. The molecule has 1 aliphatic heterocycles. The van der Waals surface area contributed by atoms with E-state index >= 15 is 0 Å². The van der Waals surface area contributed by atoms with Crippen LogP contribution in [0.3, 0.4) is 0 Å². The Balaban J connectivity index is 2.51. The van der Waals surface area contributed by atoms with Crippen LogP contribution in [0.4, 0.5) is 0 Å². The van der Waals surface area contributed by atoms with Crippen molar-refractivity contribution in [3.63, 3.8) is 0 Å². The van der Waals surface area contributed by atoms with Crippen molar-refractivity contribution in [3.8, 4) is 0 Å². The number of hydrogen-bond acceptors (Lipinski definition) is 4. The van der Waals surface area contributed by atoms with E-state index in [4.69, 9.17) is 5.84 Å². The number of nitrogens with zero attached hydrogens (tertiary/aromatic N) is 3. The highest BCUT2D eigenvalue weighted by atomic mass is 15.5. The number of amidine groups is 1. The van der Waals surface area contributed by atoms with Gasteiger partial charge in [0.25, 0.3) is 0 Å². The minimum Gasteiger partial charge on any atom is -0.321 e. The SMILES string of the molecule is NN=C1CN=NN1. The van der Waals surface area contributed by atoms with E-state index in [0.29, 0.717) is 12.4 Å². The molecule has 0 amide bonds. The third-order valence-corrected chi connectivity index (χ3v) is 0.626. The molecule has 0 radical (unpaired) electrons. The fourth-order valence-electron chi connectivity index (χ4n) is 0.300. The van der Waals surface area contributed by atoms with Crippen LogP contribution in [-0.4, -0.2) is 12.4 Å². The first-order chi connectivity index (χ1) is 3.43. The second-order valence-electron chi connectivity index (χ2n) is 1.09. The van der Waals surface area contributed by atoms with Crippen LogP contribution in [0.15, 0.2) is 15.4 Å². The van der Waals surface area contributed by atoms with Crippen LogP contribution in [0.25, 0.3) is 0 Å². The zero-order chi connectivity index (χ0) is 5.11. The Hall–Kier alpha value is -1.13. The average Bonchev–Trinajstić information content (AvgIpc) is 2.14. The molecule has 1 rings (SSSR count). The predicted molar refractivity (Wildman–Crippen MR) is 24.5 cm³/mol. The topological polar surface area (TPSA) is 75.1 Å². The van der Waals surface area contributed by atoms with Crippen molar-refractivity contribution in [2.75, 3.05) is 6.54 Å². The smallest absolute Gasteiger partial charge is 0.167 e. The minimum absolute atomic E-state index is 0.483. The fourth-order valence-corrected chi connectivity index (χ4v) is 0.300. The lowest BCUT2D eigenvalue weighted by molar-refractivity contribution is 0.960. The van der Waals surface area contributed by atoms with Gasteiger partial charge in [-0.3, -0.25) is 0 Å². The Morgan fingerprint density at radius 2 is 2.71 bits per heavy atom. The van der Waals surface area contributed by atoms with Gasteiger partial charge in [-0.2, -0.15) is 10.2 Å². The monoisotopic (exact) mass is 99.1 g/mol. The number of hydrazone groups is 1. The van der Waals surface area contributed by atoms with Crippen LogP contribution in [0, 0.1) is 0 Å². The van der Waals surface area contributed by atoms with Crippen LogP contribution in [-0.2, 0) is 0 Å². The quantitative estimate of drug-likeness (QED) is 0.309. The van der Waals surface area contributed by atoms with Crippen molar-refractivity contribution in [1.82, 2.24) is 5.43 Å². The van der Waals surface area contributed by atoms with Gasteiger partial charge in [-0.25, -0.2) is 5.43 Å². The molecule has 0 bridgehead atoms. The van der Waals surface area contributed by atoms with Gasteiger partial charge in [0.05, 0.1) is 0 Å². The van der Waals surface area contributed by atoms with E-state index in [1.807, 2.05) is 0 Å². The van der Waals surface area contributed by atoms with Crippen LogP contribution in [0.5, 0.6) is 0 Å². The Kier molecular flexibility index (Phi) is 0.892. The summed E-state index contributed by atoms with van der Waals surface area (Å²) in [5.74, 6) is 5.45. The second kappa shape index (κ2) is 1.55. The standard InChI is InChI=1S/C2H5N5/c3-5-2-1-4-7-6-2/h1,3H2,(H,4,5,6). The highest BCUT2D eigenvalue weighted by Crippen LogP contribution is 1.82. The van der Waals surface area contributed by atoms with E-state index < -0.39 is 0 Å². The molecule has 1 heterocycles. The van der Waals surface area contributed by atoms with Crippen molar-refractivity contribution in [1.29, 1.82) is 0 Å². The van der Waals surface area contributed by atoms with E-state index in [1.54, 1.807) is 0 Å². The second-order valence-corrected chi connectivity index (χ2v) is 1.09. The summed E-state index contributed by atoms with van der Waals surface area (Å²) in [6.45, 7) is 0.483. The molecule has 0 aromatic heterocycles. The van der Waals surface area contributed by atoms with Gasteiger partial charge >= 0.3 is 0 Å². The van der Waals surface area contributed by atoms with Crippen molar-refractivity contribution in [2.45, 2.75) is 0 Å². The third kappa shape index (κ3) is 0.648. The number of rotatable bonds is 0. The Morgan fingerprint density at radius 3 is 3.00 bits per heavy atom. The zero-order valence-corrected chi connectivity index (χ0v) is 3.63. The van der Waals surface area contributed by atoms with Crippen molar-refractivity contribution in [2.24, 2.45) is 21.3 Å². The Labute approximate surface area is 40.3 Å². The number of hydrogen-bond donors (Lipinski definition) is 2. The third-order valence-electron chi connectivity index (χ3n) is 0.626. The van der Waals surface area contributed by atoms with E-state index in [1.165, 1.54) is 0 Å². The maximum Gasteiger partial charge on any atom is 0.167 e. The molecule has 0 saturated heterocycles. The molecule has 0 saturated carbocycles. The predicted octanol–water partition coefficient (Wildman–Crippen LogP) is -0.771. The maximum atomic E-state index is 4.84. The van der Waals surface area contributed by atoms with E-state index in [9.17, 15) is 0 Å². The van der Waals surface area contributed by atoms with Gasteiger partial charge in [-0.05, 0) is 0 Å². The molecule has 0 aromatic carbocycles. The largest absolute Gasteiger partial charge is 0.321 e. The lowest BCUT2D eigenvalue weighted by Crippen LogP contribution is -2.15. The van der Waals surface area contributed by atoms with Crippen LogP contribution in [0.2, 0.25) is 0 Å². The average molecular weight is 99.1 g/mol. The number of nitrogens with two attached hydrogens (primary N) is 1. The van der Waals surface area contributed by atoms with Gasteiger partial charge in [-0.15, -0.1) is 0 Å². The van der Waals surface area contributed by atoms with Gasteiger partial charge < -0.3 is 5.84 Å². The molecule has 1 aliphatic rings. The zero-order valence-electron chi connectivity index (χ0n) is 3.63. The number of nitrogens with one attached hydrogen (secondary N) is 1. The molecule has 0 aliphatic carbocycles. The van der Waals surface area contributed by atoms with Gasteiger partial charge in [0.1, 0.15) is 6.54 Å². The van der Waals surface area contributed by atoms with E-state index in [2.05, 4.69) is 20.9 Å². The van der Waals surface area contributed by atoms with Crippen LogP contribution in [0.1, 0.15) is 0 Å². The summed E-state index contributed by atoms with van der Waals surface area (Å²) in [5, 5.41) is 10.2. The summed E-state index contributed by atoms with van der Waals surface area (Å²) >= 11 is 0. The molecule has 5 nitrogen and oxygen atoms in total. The normalized spacial score (nSPS) is 23.1. The van der Waals surface area contributed by atoms with E-state index in [0.717, 1.165) is 0 Å². The molecule has 38 valence electrons. The summed E-state index contributed by atoms with van der Waals surface area (Å²) in [4.78, 5) is 0. The molecule has 0 aromatic rings. The molecule has 3 N–H and O–H groups in total.